The fourth-order valence-corrected chi connectivity index (χ4v) is 6.34. The van der Waals surface area contributed by atoms with Crippen LogP contribution in [0.4, 0.5) is 17.6 Å². The zero-order valence-electron chi connectivity index (χ0n) is 22.6. The van der Waals surface area contributed by atoms with Gasteiger partial charge in [-0.15, -0.1) is 0 Å². The number of aromatic nitrogens is 2. The average molecular weight is 607 g/mol. The first-order valence-electron chi connectivity index (χ1n) is 12.7. The third-order valence-corrected chi connectivity index (χ3v) is 8.01. The van der Waals surface area contributed by atoms with Crippen molar-refractivity contribution in [2.75, 3.05) is 13.3 Å². The number of fused-ring (bicyclic) bond motifs is 5. The molecule has 222 valence electrons. The molecular formula is C28H26F4N3O6P. The summed E-state index contributed by atoms with van der Waals surface area (Å²) >= 11 is 0. The van der Waals surface area contributed by atoms with E-state index in [0.717, 1.165) is 0 Å². The second-order valence-electron chi connectivity index (χ2n) is 10.4. The summed E-state index contributed by atoms with van der Waals surface area (Å²) in [6.07, 6.45) is -3.80. The van der Waals surface area contributed by atoms with E-state index in [1.165, 1.54) is 66.4 Å². The van der Waals surface area contributed by atoms with Crippen LogP contribution in [0.25, 0.3) is 27.8 Å². The van der Waals surface area contributed by atoms with Crippen LogP contribution in [0.3, 0.4) is 0 Å². The molecule has 14 heteroatoms. The molecule has 9 nitrogen and oxygen atoms in total. The molecule has 0 saturated carbocycles. The number of alkyl halides is 2. The van der Waals surface area contributed by atoms with Gasteiger partial charge in [0.15, 0.2) is 17.4 Å². The van der Waals surface area contributed by atoms with Gasteiger partial charge in [-0.3, -0.25) is 14.3 Å². The molecule has 1 aromatic heterocycles. The molecule has 3 aromatic carbocycles. The van der Waals surface area contributed by atoms with Crippen LogP contribution < -0.4 is 4.74 Å². The summed E-state index contributed by atoms with van der Waals surface area (Å²) < 4.78 is 75.5. The number of amides is 1. The number of hydrogen-bond donors (Lipinski definition) is 3. The smallest absolute Gasteiger partial charge is 0.387 e. The lowest BCUT2D eigenvalue weighted by Gasteiger charge is -2.34. The summed E-state index contributed by atoms with van der Waals surface area (Å²) in [4.78, 5) is 18.4. The van der Waals surface area contributed by atoms with Gasteiger partial charge >= 0.3 is 12.7 Å². The Balaban J connectivity index is 1.81. The fourth-order valence-electron chi connectivity index (χ4n) is 5.28. The van der Waals surface area contributed by atoms with E-state index in [1.807, 2.05) is 0 Å². The van der Waals surface area contributed by atoms with E-state index in [2.05, 4.69) is 4.98 Å². The van der Waals surface area contributed by atoms with Crippen molar-refractivity contribution >= 4 is 24.1 Å². The second-order valence-corrected chi connectivity index (χ2v) is 13.8. The number of ether oxygens (including phenoxy) is 1. The number of halogens is 4. The summed E-state index contributed by atoms with van der Waals surface area (Å²) in [7, 11) is -2.71. The number of imidazole rings is 1. The zero-order chi connectivity index (χ0) is 30.7. The van der Waals surface area contributed by atoms with E-state index in [0.29, 0.717) is 4.90 Å². The molecule has 1 atom stereocenters. The van der Waals surface area contributed by atoms with Gasteiger partial charge in [-0.1, -0.05) is 31.2 Å². The lowest BCUT2D eigenvalue weighted by Crippen LogP contribution is -2.53. The molecule has 0 radical (unpaired) electrons. The molecule has 5 rings (SSSR count). The molecule has 4 aromatic rings. The van der Waals surface area contributed by atoms with Gasteiger partial charge in [0.1, 0.15) is 11.5 Å². The molecular weight excluding hydrogens is 581 g/mol. The minimum absolute atomic E-state index is 0.00953. The van der Waals surface area contributed by atoms with Crippen molar-refractivity contribution in [2.45, 2.75) is 38.3 Å². The lowest BCUT2D eigenvalue weighted by atomic mass is 10.0. The largest absolute Gasteiger partial charge is 0.433 e. The van der Waals surface area contributed by atoms with Gasteiger partial charge < -0.3 is 24.6 Å². The Morgan fingerprint density at radius 3 is 2.38 bits per heavy atom. The normalized spacial score (nSPS) is 15.6. The average Bonchev–Trinajstić information content (AvgIpc) is 3.20. The fraction of sp³-hybridized carbons (Fsp3) is 0.286. The van der Waals surface area contributed by atoms with E-state index < -0.39 is 49.2 Å². The van der Waals surface area contributed by atoms with Gasteiger partial charge in [0.05, 0.1) is 29.8 Å². The SMILES string of the molecule is CCC1c2nc3ccc(-c4ccc(CP(C)(C)=O)c(F)c4F)cc3n2-c2c(OC(F)F)cccc2C(=O)N1C(O)(O)O. The van der Waals surface area contributed by atoms with Crippen LogP contribution in [0.5, 0.6) is 5.75 Å². The molecule has 3 N–H and O–H groups in total. The molecule has 0 spiro atoms. The van der Waals surface area contributed by atoms with Crippen LogP contribution in [-0.2, 0) is 10.7 Å². The number of rotatable bonds is 7. The van der Waals surface area contributed by atoms with E-state index in [9.17, 15) is 33.5 Å². The summed E-state index contributed by atoms with van der Waals surface area (Å²) in [5.74, 6) is -3.96. The summed E-state index contributed by atoms with van der Waals surface area (Å²) in [5.41, 5.74) is -0.193. The topological polar surface area (TPSA) is 125 Å². The van der Waals surface area contributed by atoms with Crippen LogP contribution in [-0.4, -0.2) is 61.7 Å². The Morgan fingerprint density at radius 1 is 1.05 bits per heavy atom. The lowest BCUT2D eigenvalue weighted by molar-refractivity contribution is -0.386. The minimum atomic E-state index is -3.66. The van der Waals surface area contributed by atoms with Crippen molar-refractivity contribution in [3.63, 3.8) is 0 Å². The van der Waals surface area contributed by atoms with E-state index in [1.54, 1.807) is 6.92 Å². The molecule has 1 aliphatic heterocycles. The Hall–Kier alpha value is -3.77. The van der Waals surface area contributed by atoms with Crippen molar-refractivity contribution < 1.29 is 47.0 Å². The maximum atomic E-state index is 15.3. The number of carbonyl (C=O) groups is 1. The maximum Gasteiger partial charge on any atom is 0.387 e. The Kier molecular flexibility index (Phi) is 7.43. The highest BCUT2D eigenvalue weighted by molar-refractivity contribution is 7.61. The first kappa shape index (κ1) is 29.7. The Morgan fingerprint density at radius 2 is 1.76 bits per heavy atom. The summed E-state index contributed by atoms with van der Waals surface area (Å²) in [5, 5.41) is 30.5. The predicted molar refractivity (Wildman–Crippen MR) is 145 cm³/mol. The van der Waals surface area contributed by atoms with E-state index in [-0.39, 0.29) is 57.4 Å². The highest BCUT2D eigenvalue weighted by Gasteiger charge is 2.46. The van der Waals surface area contributed by atoms with Gasteiger partial charge in [0.2, 0.25) is 0 Å². The molecule has 2 heterocycles. The predicted octanol–water partition coefficient (Wildman–Crippen LogP) is 5.19. The van der Waals surface area contributed by atoms with E-state index in [4.69, 9.17) is 4.74 Å². The summed E-state index contributed by atoms with van der Waals surface area (Å²) in [6.45, 7) is 1.20. The van der Waals surface area contributed by atoms with Crippen molar-refractivity contribution in [3.05, 3.63) is 77.1 Å². The first-order valence-corrected chi connectivity index (χ1v) is 15.5. The molecule has 1 amide bonds. The molecule has 0 saturated heterocycles. The van der Waals surface area contributed by atoms with Crippen LogP contribution in [0.1, 0.15) is 41.1 Å². The maximum absolute atomic E-state index is 15.3. The van der Waals surface area contributed by atoms with Crippen LogP contribution in [0.15, 0.2) is 48.5 Å². The highest BCUT2D eigenvalue weighted by atomic mass is 31.2. The van der Waals surface area contributed by atoms with Crippen LogP contribution in [0, 0.1) is 11.6 Å². The third kappa shape index (κ3) is 5.17. The second kappa shape index (κ2) is 10.5. The molecule has 1 aliphatic rings. The van der Waals surface area contributed by atoms with Gasteiger partial charge in [0.25, 0.3) is 5.91 Å². The van der Waals surface area contributed by atoms with Crippen LogP contribution in [0.2, 0.25) is 0 Å². The van der Waals surface area contributed by atoms with Crippen molar-refractivity contribution in [2.24, 2.45) is 0 Å². The Bertz CT molecular complexity index is 1760. The monoisotopic (exact) mass is 607 g/mol. The third-order valence-electron chi connectivity index (χ3n) is 6.91. The number of nitrogens with zero attached hydrogens (tertiary/aromatic N) is 3. The first-order chi connectivity index (χ1) is 19.6. The number of para-hydroxylation sites is 1. The van der Waals surface area contributed by atoms with Crippen molar-refractivity contribution in [3.8, 4) is 22.6 Å². The highest BCUT2D eigenvalue weighted by Crippen LogP contribution is 2.44. The zero-order valence-corrected chi connectivity index (χ0v) is 23.4. The quantitative estimate of drug-likeness (QED) is 0.150. The van der Waals surface area contributed by atoms with Crippen molar-refractivity contribution in [1.29, 1.82) is 0 Å². The van der Waals surface area contributed by atoms with Gasteiger partial charge in [-0.25, -0.2) is 13.8 Å². The number of hydrogen-bond acceptors (Lipinski definition) is 7. The number of aliphatic hydroxyl groups is 3. The number of benzene rings is 3. The van der Waals surface area contributed by atoms with Gasteiger partial charge in [0, 0.05) is 11.7 Å². The van der Waals surface area contributed by atoms with Gasteiger partial charge in [-0.05, 0) is 55.1 Å². The van der Waals surface area contributed by atoms with Gasteiger partial charge in [-0.2, -0.15) is 8.78 Å². The molecule has 42 heavy (non-hydrogen) atoms. The standard InChI is InChI=1S/C28H26F4N3O6P/c1-4-19-25-33-18-11-9-14(16-10-8-15(13-42(2,3)40)22(29)23(16)30)12-20(18)34(25)24-17(26(36)35(19)28(37,38)39)6-5-7-21(24)41-27(31)32/h5-12,19,27,37-39H,4,13H2,1-3H3. The van der Waals surface area contributed by atoms with Crippen LogP contribution >= 0.6 is 7.14 Å². The van der Waals surface area contributed by atoms with E-state index >= 15 is 8.78 Å². The minimum Gasteiger partial charge on any atom is -0.433 e. The Labute approximate surface area is 237 Å². The molecule has 0 aliphatic carbocycles. The molecule has 0 bridgehead atoms. The summed E-state index contributed by atoms with van der Waals surface area (Å²) in [6, 6.07) is 9.35. The van der Waals surface area contributed by atoms with Crippen molar-refractivity contribution in [1.82, 2.24) is 14.5 Å². The number of carbonyl (C=O) groups excluding carboxylic acids is 1. The molecule has 1 unspecified atom stereocenters. The molecule has 0 fully saturated rings.